The highest BCUT2D eigenvalue weighted by atomic mass is 16.3. The summed E-state index contributed by atoms with van der Waals surface area (Å²) in [5.41, 5.74) is 4.91. The van der Waals surface area contributed by atoms with E-state index in [4.69, 9.17) is 0 Å². The Balaban J connectivity index is 1.55. The highest BCUT2D eigenvalue weighted by Crippen LogP contribution is 2.41. The van der Waals surface area contributed by atoms with Gasteiger partial charge < -0.3 is 10.2 Å². The van der Waals surface area contributed by atoms with Crippen LogP contribution in [0.1, 0.15) is 83.1 Å². The molecule has 0 aliphatic heterocycles. The van der Waals surface area contributed by atoms with Crippen LogP contribution < -0.4 is 0 Å². The number of azo groups is 2. The first-order chi connectivity index (χ1) is 23.0. The van der Waals surface area contributed by atoms with Crippen LogP contribution in [0.3, 0.4) is 0 Å². The van der Waals surface area contributed by atoms with E-state index in [1.54, 1.807) is 48.8 Å². The van der Waals surface area contributed by atoms with Crippen molar-refractivity contribution in [2.75, 3.05) is 0 Å². The minimum absolute atomic E-state index is 0.0456. The number of rotatable bonds is 5. The molecule has 0 bridgehead atoms. The molecule has 2 aliphatic carbocycles. The van der Waals surface area contributed by atoms with Crippen LogP contribution in [0.4, 0.5) is 11.4 Å². The van der Waals surface area contributed by atoms with Crippen molar-refractivity contribution in [3.63, 3.8) is 0 Å². The second kappa shape index (κ2) is 13.7. The molecule has 50 heavy (non-hydrogen) atoms. The van der Waals surface area contributed by atoms with Gasteiger partial charge in [0.05, 0.1) is 12.4 Å². The van der Waals surface area contributed by atoms with E-state index in [0.29, 0.717) is 33.4 Å². The van der Waals surface area contributed by atoms with Crippen LogP contribution in [0.5, 0.6) is 11.5 Å². The standard InChI is InChI=1S/C42H50N4O4/c1-39(2,3)29-17-25(18-30(37(29)49)40(4,5)6)23-43-45-33-15-13-27(21-35(33)47)28-14-16-34(36(48)22-28)46-44-24-26-19-31(41(7,8)9)38(50)32(20-26)42(10,11)12/h13-24,47-48H,1-12H3/b45-43+,46-44+. The summed E-state index contributed by atoms with van der Waals surface area (Å²) in [6, 6.07) is 9.96. The van der Waals surface area contributed by atoms with Crippen LogP contribution in [-0.2, 0) is 9.59 Å². The molecule has 0 aromatic heterocycles. The monoisotopic (exact) mass is 674 g/mol. The summed E-state index contributed by atoms with van der Waals surface area (Å²) in [6.45, 7) is 24.2. The van der Waals surface area contributed by atoms with E-state index in [0.717, 1.165) is 11.1 Å². The lowest BCUT2D eigenvalue weighted by Gasteiger charge is -2.31. The zero-order valence-electron chi connectivity index (χ0n) is 31.4. The van der Waals surface area contributed by atoms with Crippen molar-refractivity contribution in [1.29, 1.82) is 0 Å². The second-order valence-electron chi connectivity index (χ2n) is 17.0. The van der Waals surface area contributed by atoms with E-state index < -0.39 is 0 Å². The molecule has 0 atom stereocenters. The van der Waals surface area contributed by atoms with Gasteiger partial charge in [-0.05, 0) is 92.5 Å². The predicted octanol–water partition coefficient (Wildman–Crippen LogP) is 11.8. The third-order valence-electron chi connectivity index (χ3n) is 8.48. The van der Waals surface area contributed by atoms with Crippen LogP contribution in [0.15, 0.2) is 127 Å². The molecular weight excluding hydrogens is 624 g/mol. The number of carbonyl (C=O) groups excluding carboxylic acids is 2. The van der Waals surface area contributed by atoms with Crippen LogP contribution in [0.2, 0.25) is 0 Å². The summed E-state index contributed by atoms with van der Waals surface area (Å²) in [4.78, 5) is 26.4. The molecule has 0 amide bonds. The van der Waals surface area contributed by atoms with Crippen molar-refractivity contribution in [2.24, 2.45) is 42.1 Å². The molecule has 0 heterocycles. The molecule has 0 fully saturated rings. The molecule has 0 saturated heterocycles. The van der Waals surface area contributed by atoms with Crippen LogP contribution >= 0.6 is 0 Å². The van der Waals surface area contributed by atoms with Crippen molar-refractivity contribution in [3.05, 3.63) is 107 Å². The molecule has 2 aliphatic rings. The first kappa shape index (κ1) is 37.8. The van der Waals surface area contributed by atoms with E-state index in [1.165, 1.54) is 0 Å². The van der Waals surface area contributed by atoms with Crippen molar-refractivity contribution >= 4 is 22.9 Å². The fourth-order valence-corrected chi connectivity index (χ4v) is 5.57. The van der Waals surface area contributed by atoms with Crippen LogP contribution in [-0.4, -0.2) is 21.8 Å². The lowest BCUT2D eigenvalue weighted by atomic mass is 9.72. The van der Waals surface area contributed by atoms with Gasteiger partial charge >= 0.3 is 0 Å². The number of hydrogen-bond acceptors (Lipinski definition) is 8. The third-order valence-corrected chi connectivity index (χ3v) is 8.48. The van der Waals surface area contributed by atoms with Crippen molar-refractivity contribution in [1.82, 2.24) is 0 Å². The maximum Gasteiger partial charge on any atom is 0.186 e. The summed E-state index contributed by atoms with van der Waals surface area (Å²) in [5.74, 6) is -0.0634. The SMILES string of the molecule is CC(C)(C)C1=CC(=C/N=N/c2ccc(-c3ccc(/N=N/C=C4C=C(C(C)(C)C)C(=O)C(C(C)(C)C)=C4)c(O)c3)cc2O)C=C(C(C)(C)C)C1=O. The number of aromatic hydroxyl groups is 2. The molecule has 0 unspecified atom stereocenters. The average Bonchev–Trinajstić information content (AvgIpc) is 2.97. The Bertz CT molecular complexity index is 1750. The topological polar surface area (TPSA) is 124 Å². The van der Waals surface area contributed by atoms with E-state index in [-0.39, 0.29) is 56.1 Å². The summed E-state index contributed by atoms with van der Waals surface area (Å²) >= 11 is 0. The Labute approximate surface area is 296 Å². The molecule has 0 saturated carbocycles. The molecule has 262 valence electrons. The number of phenolic OH excluding ortho intramolecular Hbond substituents is 2. The smallest absolute Gasteiger partial charge is 0.186 e. The van der Waals surface area contributed by atoms with Gasteiger partial charge in [0.25, 0.3) is 0 Å². The minimum Gasteiger partial charge on any atom is -0.506 e. The Hall–Kier alpha value is -4.98. The molecule has 0 spiro atoms. The Morgan fingerprint density at radius 1 is 0.480 bits per heavy atom. The largest absolute Gasteiger partial charge is 0.506 e. The Morgan fingerprint density at radius 3 is 1.00 bits per heavy atom. The summed E-state index contributed by atoms with van der Waals surface area (Å²) in [5, 5.41) is 38.4. The number of carbonyl (C=O) groups is 2. The highest BCUT2D eigenvalue weighted by Gasteiger charge is 2.35. The first-order valence-electron chi connectivity index (χ1n) is 16.8. The van der Waals surface area contributed by atoms with Crippen LogP contribution in [0, 0.1) is 21.7 Å². The Morgan fingerprint density at radius 2 is 0.760 bits per heavy atom. The van der Waals surface area contributed by atoms with Gasteiger partial charge in [-0.3, -0.25) is 9.59 Å². The molecule has 2 aromatic carbocycles. The van der Waals surface area contributed by atoms with Gasteiger partial charge in [-0.2, -0.15) is 10.2 Å². The van der Waals surface area contributed by atoms with E-state index >= 15 is 0 Å². The van der Waals surface area contributed by atoms with Gasteiger partial charge in [0, 0.05) is 22.3 Å². The lowest BCUT2D eigenvalue weighted by Crippen LogP contribution is -2.27. The molecule has 2 N–H and O–H groups in total. The third kappa shape index (κ3) is 8.78. The van der Waals surface area contributed by atoms with Crippen LogP contribution in [0.25, 0.3) is 11.1 Å². The summed E-state index contributed by atoms with van der Waals surface area (Å²) in [7, 11) is 0. The minimum atomic E-state index is -0.334. The quantitative estimate of drug-likeness (QED) is 0.306. The number of nitrogens with zero attached hydrogens (tertiary/aromatic N) is 4. The zero-order chi connectivity index (χ0) is 37.4. The molecule has 0 radical (unpaired) electrons. The molecular formula is C42H50N4O4. The van der Waals surface area contributed by atoms with E-state index in [1.807, 2.05) is 107 Å². The average molecular weight is 675 g/mol. The summed E-state index contributed by atoms with van der Waals surface area (Å²) in [6.07, 6.45) is 10.6. The predicted molar refractivity (Wildman–Crippen MR) is 201 cm³/mol. The van der Waals surface area contributed by atoms with Gasteiger partial charge in [-0.1, -0.05) is 95.2 Å². The second-order valence-corrected chi connectivity index (χ2v) is 17.0. The molecule has 2 aromatic rings. The van der Waals surface area contributed by atoms with E-state index in [2.05, 4.69) is 20.5 Å². The number of phenols is 2. The molecule has 4 rings (SSSR count). The maximum atomic E-state index is 13.2. The molecule has 8 heteroatoms. The van der Waals surface area contributed by atoms with Crippen molar-refractivity contribution in [3.8, 4) is 22.6 Å². The van der Waals surface area contributed by atoms with Gasteiger partial charge in [0.2, 0.25) is 0 Å². The van der Waals surface area contributed by atoms with Crippen molar-refractivity contribution < 1.29 is 19.8 Å². The number of hydrogen-bond donors (Lipinski definition) is 2. The molecule has 8 nitrogen and oxygen atoms in total. The number of ketones is 2. The van der Waals surface area contributed by atoms with E-state index in [9.17, 15) is 19.8 Å². The van der Waals surface area contributed by atoms with Gasteiger partial charge in [-0.15, -0.1) is 10.2 Å². The zero-order valence-corrected chi connectivity index (χ0v) is 31.4. The first-order valence-corrected chi connectivity index (χ1v) is 16.8. The lowest BCUT2D eigenvalue weighted by molar-refractivity contribution is -0.114. The number of benzene rings is 2. The fraction of sp³-hybridized carbons (Fsp3) is 0.381. The highest BCUT2D eigenvalue weighted by molar-refractivity contribution is 6.12. The normalized spacial score (nSPS) is 16.5. The van der Waals surface area contributed by atoms with Gasteiger partial charge in [0.15, 0.2) is 11.6 Å². The fourth-order valence-electron chi connectivity index (χ4n) is 5.57. The Kier molecular flexibility index (Phi) is 10.4. The number of allylic oxidation sites excluding steroid dienone is 10. The maximum absolute atomic E-state index is 13.2. The number of Topliss-reactive ketones (excluding diaryl/α,β-unsaturated/α-hetero) is 2. The summed E-state index contributed by atoms with van der Waals surface area (Å²) < 4.78 is 0. The van der Waals surface area contributed by atoms with Crippen molar-refractivity contribution in [2.45, 2.75) is 83.1 Å². The van der Waals surface area contributed by atoms with Gasteiger partial charge in [-0.25, -0.2) is 0 Å². The van der Waals surface area contributed by atoms with Gasteiger partial charge in [0.1, 0.15) is 22.9 Å².